The molecule has 0 saturated carbocycles. The normalized spacial score (nSPS) is 10.1. The molecule has 5 heteroatoms. The summed E-state index contributed by atoms with van der Waals surface area (Å²) in [5.41, 5.74) is 1.56. The van der Waals surface area contributed by atoms with E-state index >= 15 is 0 Å². The minimum Gasteiger partial charge on any atom is -0.489 e. The molecule has 23 heavy (non-hydrogen) atoms. The second-order valence-corrected chi connectivity index (χ2v) is 4.81. The zero-order valence-electron chi connectivity index (χ0n) is 13.2. The lowest BCUT2D eigenvalue weighted by Gasteiger charge is -2.13. The SMILES string of the molecule is CCOCCOc1ccccc1NC(=O)CNc1ccccc1. The fraction of sp³-hybridized carbons (Fsp3) is 0.278. The Hall–Kier alpha value is -2.53. The van der Waals surface area contributed by atoms with E-state index in [1.807, 2.05) is 61.5 Å². The maximum atomic E-state index is 12.1. The summed E-state index contributed by atoms with van der Waals surface area (Å²) in [4.78, 5) is 12.1. The van der Waals surface area contributed by atoms with Gasteiger partial charge in [0.1, 0.15) is 12.4 Å². The van der Waals surface area contributed by atoms with Crippen LogP contribution in [0.15, 0.2) is 54.6 Å². The van der Waals surface area contributed by atoms with E-state index < -0.39 is 0 Å². The molecule has 0 aliphatic rings. The van der Waals surface area contributed by atoms with E-state index in [0.717, 1.165) is 5.69 Å². The maximum absolute atomic E-state index is 12.1. The molecule has 1 amide bonds. The van der Waals surface area contributed by atoms with Gasteiger partial charge in [0.25, 0.3) is 0 Å². The highest BCUT2D eigenvalue weighted by molar-refractivity contribution is 5.95. The smallest absolute Gasteiger partial charge is 0.243 e. The summed E-state index contributed by atoms with van der Waals surface area (Å²) >= 11 is 0. The Bertz CT molecular complexity index is 602. The van der Waals surface area contributed by atoms with Crippen molar-refractivity contribution in [3.63, 3.8) is 0 Å². The van der Waals surface area contributed by atoms with Crippen molar-refractivity contribution >= 4 is 17.3 Å². The van der Waals surface area contributed by atoms with Gasteiger partial charge in [0, 0.05) is 12.3 Å². The van der Waals surface area contributed by atoms with E-state index in [4.69, 9.17) is 9.47 Å². The molecule has 0 bridgehead atoms. The summed E-state index contributed by atoms with van der Waals surface area (Å²) in [6.45, 7) is 3.76. The molecule has 0 unspecified atom stereocenters. The van der Waals surface area contributed by atoms with Crippen LogP contribution in [0.3, 0.4) is 0 Å². The lowest BCUT2D eigenvalue weighted by molar-refractivity contribution is -0.114. The molecule has 122 valence electrons. The van der Waals surface area contributed by atoms with E-state index in [1.54, 1.807) is 0 Å². The third-order valence-corrected chi connectivity index (χ3v) is 3.08. The number of carbonyl (C=O) groups is 1. The Balaban J connectivity index is 1.85. The fourth-order valence-electron chi connectivity index (χ4n) is 1.98. The van der Waals surface area contributed by atoms with Crippen molar-refractivity contribution < 1.29 is 14.3 Å². The van der Waals surface area contributed by atoms with E-state index in [1.165, 1.54) is 0 Å². The number of amides is 1. The quantitative estimate of drug-likeness (QED) is 0.698. The topological polar surface area (TPSA) is 59.6 Å². The number of rotatable bonds is 9. The molecule has 0 fully saturated rings. The minimum absolute atomic E-state index is 0.130. The van der Waals surface area contributed by atoms with Crippen LogP contribution in [-0.2, 0) is 9.53 Å². The number of carbonyl (C=O) groups excluding carboxylic acids is 1. The molecule has 0 aromatic heterocycles. The first-order valence-electron chi connectivity index (χ1n) is 7.68. The Morgan fingerprint density at radius 1 is 1.00 bits per heavy atom. The van der Waals surface area contributed by atoms with Crippen LogP contribution in [0.25, 0.3) is 0 Å². The summed E-state index contributed by atoms with van der Waals surface area (Å²) in [7, 11) is 0. The van der Waals surface area contributed by atoms with E-state index in [2.05, 4.69) is 10.6 Å². The van der Waals surface area contributed by atoms with Gasteiger partial charge in [0.2, 0.25) is 5.91 Å². The third kappa shape index (κ3) is 6.00. The van der Waals surface area contributed by atoms with Crippen LogP contribution in [0.1, 0.15) is 6.92 Å². The van der Waals surface area contributed by atoms with Crippen LogP contribution in [0.2, 0.25) is 0 Å². The lowest BCUT2D eigenvalue weighted by atomic mass is 10.3. The van der Waals surface area contributed by atoms with Gasteiger partial charge in [0.05, 0.1) is 18.8 Å². The molecule has 0 atom stereocenters. The van der Waals surface area contributed by atoms with Gasteiger partial charge in [-0.05, 0) is 31.2 Å². The van der Waals surface area contributed by atoms with Crippen LogP contribution in [-0.4, -0.2) is 32.3 Å². The first-order valence-corrected chi connectivity index (χ1v) is 7.68. The van der Waals surface area contributed by atoms with Gasteiger partial charge in [-0.3, -0.25) is 4.79 Å². The molecule has 2 rings (SSSR count). The van der Waals surface area contributed by atoms with Crippen molar-refractivity contribution in [2.75, 3.05) is 37.0 Å². The molecule has 0 heterocycles. The first kappa shape index (κ1) is 16.8. The summed E-state index contributed by atoms with van der Waals surface area (Å²) in [5, 5.41) is 5.93. The maximum Gasteiger partial charge on any atom is 0.243 e. The lowest BCUT2D eigenvalue weighted by Crippen LogP contribution is -2.22. The van der Waals surface area contributed by atoms with E-state index in [9.17, 15) is 4.79 Å². The molecule has 0 aliphatic carbocycles. The summed E-state index contributed by atoms with van der Waals surface area (Å²) in [6.07, 6.45) is 0. The average Bonchev–Trinajstić information content (AvgIpc) is 2.59. The first-order chi connectivity index (χ1) is 11.3. The molecule has 0 saturated heterocycles. The molecular formula is C18H22N2O3. The minimum atomic E-state index is -0.130. The van der Waals surface area contributed by atoms with Crippen molar-refractivity contribution in [3.05, 3.63) is 54.6 Å². The zero-order chi connectivity index (χ0) is 16.3. The van der Waals surface area contributed by atoms with Crippen molar-refractivity contribution in [2.24, 2.45) is 0 Å². The van der Waals surface area contributed by atoms with Gasteiger partial charge >= 0.3 is 0 Å². The highest BCUT2D eigenvalue weighted by atomic mass is 16.5. The van der Waals surface area contributed by atoms with Crippen molar-refractivity contribution in [1.29, 1.82) is 0 Å². The van der Waals surface area contributed by atoms with Crippen molar-refractivity contribution in [1.82, 2.24) is 0 Å². The van der Waals surface area contributed by atoms with Crippen molar-refractivity contribution in [3.8, 4) is 5.75 Å². The molecular weight excluding hydrogens is 292 g/mol. The standard InChI is InChI=1S/C18H22N2O3/c1-2-22-12-13-23-17-11-7-6-10-16(17)20-18(21)14-19-15-8-4-3-5-9-15/h3-11,19H,2,12-14H2,1H3,(H,20,21). The van der Waals surface area contributed by atoms with Crippen LogP contribution >= 0.6 is 0 Å². The number of hydrogen-bond acceptors (Lipinski definition) is 4. The highest BCUT2D eigenvalue weighted by Crippen LogP contribution is 2.23. The van der Waals surface area contributed by atoms with Gasteiger partial charge in [-0.1, -0.05) is 30.3 Å². The average molecular weight is 314 g/mol. The summed E-state index contributed by atoms with van der Waals surface area (Å²) in [6, 6.07) is 17.0. The number of nitrogens with one attached hydrogen (secondary N) is 2. The molecule has 0 radical (unpaired) electrons. The second-order valence-electron chi connectivity index (χ2n) is 4.81. The van der Waals surface area contributed by atoms with Gasteiger partial charge in [-0.15, -0.1) is 0 Å². The monoisotopic (exact) mass is 314 g/mol. The largest absolute Gasteiger partial charge is 0.489 e. The summed E-state index contributed by atoms with van der Waals surface area (Å²) < 4.78 is 10.9. The fourth-order valence-corrected chi connectivity index (χ4v) is 1.98. The van der Waals surface area contributed by atoms with E-state index in [-0.39, 0.29) is 12.5 Å². The van der Waals surface area contributed by atoms with Gasteiger partial charge < -0.3 is 20.1 Å². The van der Waals surface area contributed by atoms with Crippen LogP contribution in [0.5, 0.6) is 5.75 Å². The Morgan fingerprint density at radius 3 is 2.52 bits per heavy atom. The Labute approximate surface area is 136 Å². The molecule has 2 aromatic rings. The van der Waals surface area contributed by atoms with Crippen LogP contribution in [0.4, 0.5) is 11.4 Å². The molecule has 0 aliphatic heterocycles. The van der Waals surface area contributed by atoms with Crippen molar-refractivity contribution in [2.45, 2.75) is 6.92 Å². The van der Waals surface area contributed by atoms with Gasteiger partial charge in [0.15, 0.2) is 0 Å². The summed E-state index contributed by atoms with van der Waals surface area (Å²) in [5.74, 6) is 0.509. The molecule has 2 aromatic carbocycles. The molecule has 5 nitrogen and oxygen atoms in total. The number of benzene rings is 2. The second kappa shape index (κ2) is 9.48. The van der Waals surface area contributed by atoms with Gasteiger partial charge in [-0.25, -0.2) is 0 Å². The predicted octanol–water partition coefficient (Wildman–Crippen LogP) is 3.15. The third-order valence-electron chi connectivity index (χ3n) is 3.08. The van der Waals surface area contributed by atoms with Crippen LogP contribution in [0, 0.1) is 0 Å². The number of ether oxygens (including phenoxy) is 2. The number of para-hydroxylation sites is 3. The number of anilines is 2. The Kier molecular flexibility index (Phi) is 6.94. The highest BCUT2D eigenvalue weighted by Gasteiger charge is 2.07. The zero-order valence-corrected chi connectivity index (χ0v) is 13.2. The van der Waals surface area contributed by atoms with Crippen LogP contribution < -0.4 is 15.4 Å². The predicted molar refractivity (Wildman–Crippen MR) is 92.0 cm³/mol. The number of hydrogen-bond donors (Lipinski definition) is 2. The Morgan fingerprint density at radius 2 is 1.74 bits per heavy atom. The van der Waals surface area contributed by atoms with E-state index in [0.29, 0.717) is 31.3 Å². The van der Waals surface area contributed by atoms with Gasteiger partial charge in [-0.2, -0.15) is 0 Å². The molecule has 2 N–H and O–H groups in total. The molecule has 0 spiro atoms.